The summed E-state index contributed by atoms with van der Waals surface area (Å²) in [7, 11) is 0. The van der Waals surface area contributed by atoms with Crippen molar-refractivity contribution < 1.29 is 13.5 Å². The lowest BCUT2D eigenvalue weighted by Gasteiger charge is -2.16. The monoisotopic (exact) mass is 372 g/mol. The number of aromatic amines is 1. The van der Waals surface area contributed by atoms with Gasteiger partial charge in [0.15, 0.2) is 0 Å². The number of ether oxygens (including phenoxy) is 1. The molecule has 3 rings (SSSR count). The Hall–Kier alpha value is -3.06. The highest BCUT2D eigenvalue weighted by atomic mass is 19.1. The minimum Gasteiger partial charge on any atom is -0.356 e. The zero-order valence-corrected chi connectivity index (χ0v) is 14.7. The van der Waals surface area contributed by atoms with Gasteiger partial charge < -0.3 is 4.74 Å². The van der Waals surface area contributed by atoms with Crippen LogP contribution in [-0.4, -0.2) is 9.55 Å². The van der Waals surface area contributed by atoms with Crippen molar-refractivity contribution in [2.45, 2.75) is 26.7 Å². The molecule has 0 fully saturated rings. The maximum Gasteiger partial charge on any atom is 0.330 e. The summed E-state index contributed by atoms with van der Waals surface area (Å²) in [5.74, 6) is -0.759. The van der Waals surface area contributed by atoms with E-state index < -0.39 is 17.1 Å². The number of halogens is 2. The molecule has 1 N–H and O–H groups in total. The summed E-state index contributed by atoms with van der Waals surface area (Å²) in [6.45, 7) is 1.84. The first-order valence-electron chi connectivity index (χ1n) is 8.43. The number of hydrogen-bond acceptors (Lipinski definition) is 3. The smallest absolute Gasteiger partial charge is 0.330 e. The zero-order valence-electron chi connectivity index (χ0n) is 14.7. The highest BCUT2D eigenvalue weighted by Gasteiger charge is 2.15. The first kappa shape index (κ1) is 18.7. The van der Waals surface area contributed by atoms with E-state index in [1.165, 1.54) is 41.0 Å². The molecule has 0 atom stereocenters. The van der Waals surface area contributed by atoms with E-state index in [0.717, 1.165) is 5.56 Å². The summed E-state index contributed by atoms with van der Waals surface area (Å²) in [6.07, 6.45) is 0.389. The van der Waals surface area contributed by atoms with Gasteiger partial charge in [-0.2, -0.15) is 0 Å². The van der Waals surface area contributed by atoms with Crippen LogP contribution in [0.25, 0.3) is 11.3 Å². The molecule has 5 nitrogen and oxygen atoms in total. The van der Waals surface area contributed by atoms with Crippen molar-refractivity contribution in [2.24, 2.45) is 0 Å². The van der Waals surface area contributed by atoms with Crippen LogP contribution in [0.1, 0.15) is 18.1 Å². The van der Waals surface area contributed by atoms with E-state index in [1.54, 1.807) is 19.1 Å². The van der Waals surface area contributed by atoms with Crippen LogP contribution in [0.4, 0.5) is 8.78 Å². The van der Waals surface area contributed by atoms with Gasteiger partial charge in [0.05, 0.1) is 12.3 Å². The predicted molar refractivity (Wildman–Crippen MR) is 97.3 cm³/mol. The van der Waals surface area contributed by atoms with E-state index in [2.05, 4.69) is 4.98 Å². The van der Waals surface area contributed by atoms with Crippen molar-refractivity contribution in [3.05, 3.63) is 92.1 Å². The molecule has 0 aliphatic carbocycles. The van der Waals surface area contributed by atoms with Crippen LogP contribution in [0.2, 0.25) is 0 Å². The summed E-state index contributed by atoms with van der Waals surface area (Å²) in [4.78, 5) is 26.8. The summed E-state index contributed by atoms with van der Waals surface area (Å²) in [5, 5.41) is 0. The van der Waals surface area contributed by atoms with Gasteiger partial charge in [-0.25, -0.2) is 13.6 Å². The normalized spacial score (nSPS) is 10.9. The Morgan fingerprint density at radius 1 is 0.963 bits per heavy atom. The molecule has 0 aliphatic rings. The Bertz CT molecular complexity index is 1040. The van der Waals surface area contributed by atoms with E-state index in [0.29, 0.717) is 23.2 Å². The molecular weight excluding hydrogens is 354 g/mol. The molecular formula is C20H18F2N2O3. The molecule has 0 saturated carbocycles. The zero-order chi connectivity index (χ0) is 19.4. The summed E-state index contributed by atoms with van der Waals surface area (Å²) in [5.41, 5.74) is 0.999. The lowest BCUT2D eigenvalue weighted by Crippen LogP contribution is -2.34. The third-order valence-electron chi connectivity index (χ3n) is 4.17. The van der Waals surface area contributed by atoms with Gasteiger partial charge in [0, 0.05) is 5.56 Å². The largest absolute Gasteiger partial charge is 0.356 e. The van der Waals surface area contributed by atoms with Crippen LogP contribution < -0.4 is 11.2 Å². The van der Waals surface area contributed by atoms with Crippen LogP contribution >= 0.6 is 0 Å². The number of benzene rings is 2. The fourth-order valence-corrected chi connectivity index (χ4v) is 2.84. The Morgan fingerprint density at radius 2 is 1.56 bits per heavy atom. The number of hydrogen-bond donors (Lipinski definition) is 1. The summed E-state index contributed by atoms with van der Waals surface area (Å²) >= 11 is 0. The van der Waals surface area contributed by atoms with Crippen molar-refractivity contribution >= 4 is 0 Å². The highest BCUT2D eigenvalue weighted by molar-refractivity contribution is 5.63. The van der Waals surface area contributed by atoms with Gasteiger partial charge in [-0.3, -0.25) is 14.3 Å². The van der Waals surface area contributed by atoms with Crippen molar-refractivity contribution in [3.63, 3.8) is 0 Å². The Balaban J connectivity index is 1.95. The molecule has 0 radical (unpaired) electrons. The van der Waals surface area contributed by atoms with Gasteiger partial charge in [-0.05, 0) is 53.9 Å². The first-order valence-corrected chi connectivity index (χ1v) is 8.43. The van der Waals surface area contributed by atoms with Gasteiger partial charge >= 0.3 is 5.69 Å². The predicted octanol–water partition coefficient (Wildman–Crippen LogP) is 3.22. The number of nitrogens with zero attached hydrogens (tertiary/aromatic N) is 1. The van der Waals surface area contributed by atoms with Crippen LogP contribution in [0.15, 0.2) is 58.1 Å². The highest BCUT2D eigenvalue weighted by Crippen LogP contribution is 2.21. The summed E-state index contributed by atoms with van der Waals surface area (Å²) in [6, 6.07) is 11.4. The molecule has 0 spiro atoms. The Kier molecular flexibility index (Phi) is 5.61. The summed E-state index contributed by atoms with van der Waals surface area (Å²) < 4.78 is 33.1. The lowest BCUT2D eigenvalue weighted by atomic mass is 10.0. The number of nitrogens with one attached hydrogen (secondary N) is 1. The van der Waals surface area contributed by atoms with Crippen molar-refractivity contribution in [1.29, 1.82) is 0 Å². The fourth-order valence-electron chi connectivity index (χ4n) is 2.84. The fraction of sp³-hybridized carbons (Fsp3) is 0.200. The molecule has 1 heterocycles. The first-order chi connectivity index (χ1) is 13.0. The quantitative estimate of drug-likeness (QED) is 0.723. The van der Waals surface area contributed by atoms with Crippen LogP contribution in [0.3, 0.4) is 0 Å². The van der Waals surface area contributed by atoms with Gasteiger partial charge in [-0.1, -0.05) is 19.1 Å². The van der Waals surface area contributed by atoms with Crippen molar-refractivity contribution in [2.75, 3.05) is 0 Å². The number of aromatic nitrogens is 2. The van der Waals surface area contributed by atoms with E-state index >= 15 is 0 Å². The molecule has 7 heteroatoms. The second kappa shape index (κ2) is 8.09. The van der Waals surface area contributed by atoms with E-state index in [1.807, 2.05) is 0 Å². The molecule has 3 aromatic rings. The second-order valence-corrected chi connectivity index (χ2v) is 5.98. The van der Waals surface area contributed by atoms with Crippen LogP contribution in [-0.2, 0) is 24.5 Å². The van der Waals surface area contributed by atoms with Crippen molar-refractivity contribution in [3.8, 4) is 11.3 Å². The topological polar surface area (TPSA) is 64.1 Å². The molecule has 0 bridgehead atoms. The second-order valence-electron chi connectivity index (χ2n) is 5.98. The number of rotatable bonds is 6. The average molecular weight is 372 g/mol. The maximum atomic E-state index is 13.3. The van der Waals surface area contributed by atoms with Gasteiger partial charge in [0.2, 0.25) is 0 Å². The molecule has 0 saturated heterocycles. The van der Waals surface area contributed by atoms with E-state index in [-0.39, 0.29) is 19.2 Å². The number of H-pyrrole nitrogens is 1. The third-order valence-corrected chi connectivity index (χ3v) is 4.17. The van der Waals surface area contributed by atoms with Crippen molar-refractivity contribution in [1.82, 2.24) is 9.55 Å². The molecule has 0 aliphatic heterocycles. The van der Waals surface area contributed by atoms with E-state index in [9.17, 15) is 18.4 Å². The molecule has 0 amide bonds. The van der Waals surface area contributed by atoms with E-state index in [4.69, 9.17) is 4.74 Å². The standard InChI is InChI=1S/C20H18F2N2O3/c1-2-17-18(14-5-9-16(22)10-6-14)24(20(26)23-19(17)25)12-27-11-13-3-7-15(21)8-4-13/h3-10H,2,11-12H2,1H3,(H,23,25,26). The maximum absolute atomic E-state index is 13.3. The SMILES string of the molecule is CCc1c(-c2ccc(F)cc2)n(COCc2ccc(F)cc2)c(=O)[nH]c1=O. The molecule has 2 aromatic carbocycles. The Labute approximate surface area is 153 Å². The van der Waals surface area contributed by atoms with Gasteiger partial charge in [0.25, 0.3) is 5.56 Å². The minimum absolute atomic E-state index is 0.118. The lowest BCUT2D eigenvalue weighted by molar-refractivity contribution is 0.0617. The molecule has 27 heavy (non-hydrogen) atoms. The molecule has 1 aromatic heterocycles. The van der Waals surface area contributed by atoms with Crippen LogP contribution in [0, 0.1) is 11.6 Å². The minimum atomic E-state index is -0.615. The third kappa shape index (κ3) is 4.20. The van der Waals surface area contributed by atoms with Gasteiger partial charge in [0.1, 0.15) is 18.4 Å². The van der Waals surface area contributed by atoms with Crippen LogP contribution in [0.5, 0.6) is 0 Å². The van der Waals surface area contributed by atoms with Gasteiger partial charge in [-0.15, -0.1) is 0 Å². The average Bonchev–Trinajstić information content (AvgIpc) is 2.65. The Morgan fingerprint density at radius 3 is 2.15 bits per heavy atom. The molecule has 0 unspecified atom stereocenters. The molecule has 140 valence electrons.